The monoisotopic (exact) mass is 589 g/mol. The zero-order chi connectivity index (χ0) is 30.1. The van der Waals surface area contributed by atoms with E-state index in [1.54, 1.807) is 42.2 Å². The molecule has 6 aromatic rings. The largest absolute Gasteiger partial charge is 0.470 e. The first-order chi connectivity index (χ1) is 21.4. The number of hydrogen-bond donors (Lipinski definition) is 0. The summed E-state index contributed by atoms with van der Waals surface area (Å²) in [6, 6.07) is 19.8. The number of benzene rings is 3. The van der Waals surface area contributed by atoms with Crippen LogP contribution in [0.15, 0.2) is 77.2 Å². The van der Waals surface area contributed by atoms with E-state index in [1.807, 2.05) is 28.8 Å². The number of fused-ring (bicyclic) bond motifs is 6. The van der Waals surface area contributed by atoms with Crippen LogP contribution in [-0.4, -0.2) is 27.8 Å². The summed E-state index contributed by atoms with van der Waals surface area (Å²) in [7, 11) is 0. The molecule has 3 aromatic carbocycles. The summed E-state index contributed by atoms with van der Waals surface area (Å²) < 4.78 is 42.7. The summed E-state index contributed by atoms with van der Waals surface area (Å²) in [4.78, 5) is 33.1. The number of amides is 1. The second-order valence-corrected chi connectivity index (χ2v) is 11.1. The average Bonchev–Trinajstić information content (AvgIpc) is 3.75. The summed E-state index contributed by atoms with van der Waals surface area (Å²) in [5.41, 5.74) is 5.20. The molecule has 2 aliphatic heterocycles. The number of furan rings is 1. The van der Waals surface area contributed by atoms with Crippen LogP contribution in [-0.2, 0) is 11.5 Å². The van der Waals surface area contributed by atoms with Crippen molar-refractivity contribution < 1.29 is 27.5 Å². The van der Waals surface area contributed by atoms with E-state index in [0.29, 0.717) is 86.5 Å². The van der Waals surface area contributed by atoms with Gasteiger partial charge in [0, 0.05) is 47.4 Å². The highest BCUT2D eigenvalue weighted by atomic mass is 19.1. The Morgan fingerprint density at radius 2 is 1.84 bits per heavy atom. The lowest BCUT2D eigenvalue weighted by Crippen LogP contribution is -2.24. The van der Waals surface area contributed by atoms with E-state index in [2.05, 4.69) is 0 Å². The van der Waals surface area contributed by atoms with E-state index in [-0.39, 0.29) is 30.7 Å². The van der Waals surface area contributed by atoms with Crippen molar-refractivity contribution in [2.24, 2.45) is 0 Å². The lowest BCUT2D eigenvalue weighted by Gasteiger charge is -2.23. The van der Waals surface area contributed by atoms with Crippen LogP contribution in [0.25, 0.3) is 55.8 Å². The fourth-order valence-electron chi connectivity index (χ4n) is 6.34. The Kier molecular flexibility index (Phi) is 5.91. The predicted octanol–water partition coefficient (Wildman–Crippen LogP) is 8.13. The van der Waals surface area contributed by atoms with Crippen LogP contribution in [0.2, 0.25) is 0 Å². The normalized spacial score (nSPS) is 14.2. The number of ether oxygens (including phenoxy) is 1. The van der Waals surface area contributed by atoms with Crippen LogP contribution in [0, 0.1) is 11.6 Å². The molecule has 0 bridgehead atoms. The van der Waals surface area contributed by atoms with Crippen molar-refractivity contribution in [2.45, 2.75) is 32.9 Å². The Morgan fingerprint density at radius 1 is 1.00 bits per heavy atom. The number of carbonyl (C=O) groups excluding carboxylic acids is 2. The lowest BCUT2D eigenvalue weighted by atomic mass is 9.97. The van der Waals surface area contributed by atoms with Crippen molar-refractivity contribution in [3.05, 3.63) is 90.0 Å². The number of anilines is 1. The molecule has 0 aliphatic carbocycles. The number of Topliss-reactive ketones (excluding diaryl/α,β-unsaturated/α-hetero) is 1. The standard InChI is InChI=1S/C35H25F2N3O4/c1-2-29(41)33-23-15-22(25-12-13-30-34(38-25)28-16-21-24(37)5-3-6-26(21)40(28)18-43-30)27(39-14-4-7-32(39)42)17-31(23)44-35(33)19-8-10-20(36)11-9-19/h3,5-6,8-13,15-17H,2,4,7,14,18H2,1H3. The van der Waals surface area contributed by atoms with E-state index in [4.69, 9.17) is 14.1 Å². The highest BCUT2D eigenvalue weighted by Gasteiger charge is 2.30. The Balaban J connectivity index is 1.37. The molecule has 3 aromatic heterocycles. The molecule has 0 unspecified atom stereocenters. The summed E-state index contributed by atoms with van der Waals surface area (Å²) in [6.07, 6.45) is 1.37. The van der Waals surface area contributed by atoms with Crippen LogP contribution in [0.4, 0.5) is 14.5 Å². The van der Waals surface area contributed by atoms with Crippen molar-refractivity contribution in [1.82, 2.24) is 9.55 Å². The first-order valence-electron chi connectivity index (χ1n) is 14.5. The smallest absolute Gasteiger partial charge is 0.227 e. The van der Waals surface area contributed by atoms with Crippen LogP contribution >= 0.6 is 0 Å². The lowest BCUT2D eigenvalue weighted by molar-refractivity contribution is -0.117. The molecule has 8 rings (SSSR count). The zero-order valence-electron chi connectivity index (χ0n) is 23.7. The van der Waals surface area contributed by atoms with Gasteiger partial charge in [-0.05, 0) is 67.1 Å². The second kappa shape index (κ2) is 9.87. The van der Waals surface area contributed by atoms with Crippen molar-refractivity contribution in [1.29, 1.82) is 0 Å². The molecule has 0 radical (unpaired) electrons. The minimum atomic E-state index is -0.394. The number of ketones is 1. The third kappa shape index (κ3) is 3.96. The average molecular weight is 590 g/mol. The molecule has 0 spiro atoms. The van der Waals surface area contributed by atoms with E-state index >= 15 is 0 Å². The van der Waals surface area contributed by atoms with Gasteiger partial charge in [-0.25, -0.2) is 13.8 Å². The van der Waals surface area contributed by atoms with Crippen LogP contribution in [0.3, 0.4) is 0 Å². The van der Waals surface area contributed by atoms with Crippen molar-refractivity contribution in [3.8, 4) is 39.7 Å². The van der Waals surface area contributed by atoms with Gasteiger partial charge in [0.2, 0.25) is 5.91 Å². The summed E-state index contributed by atoms with van der Waals surface area (Å²) in [5, 5.41) is 1.05. The zero-order valence-corrected chi connectivity index (χ0v) is 23.7. The van der Waals surface area contributed by atoms with Gasteiger partial charge in [0.05, 0.1) is 28.2 Å². The molecule has 1 amide bonds. The quantitative estimate of drug-likeness (QED) is 0.190. The van der Waals surface area contributed by atoms with E-state index in [0.717, 1.165) is 5.69 Å². The molecule has 1 fully saturated rings. The number of pyridine rings is 1. The maximum Gasteiger partial charge on any atom is 0.227 e. The Morgan fingerprint density at radius 3 is 2.61 bits per heavy atom. The fourth-order valence-corrected chi connectivity index (χ4v) is 6.34. The van der Waals surface area contributed by atoms with Gasteiger partial charge in [-0.2, -0.15) is 0 Å². The molecule has 0 atom stereocenters. The molecule has 2 aliphatic rings. The van der Waals surface area contributed by atoms with Crippen molar-refractivity contribution >= 4 is 39.2 Å². The van der Waals surface area contributed by atoms with Crippen LogP contribution in [0.5, 0.6) is 5.75 Å². The number of rotatable bonds is 5. The SMILES string of the molecule is CCC(=O)c1c(-c2ccc(F)cc2)oc2cc(N3CCCC3=O)c(-c3ccc4c(n3)-c3cc5c(F)cccc5n3CO4)cc12. The first-order valence-corrected chi connectivity index (χ1v) is 14.5. The maximum atomic E-state index is 14.7. The van der Waals surface area contributed by atoms with Crippen LogP contribution in [0.1, 0.15) is 36.5 Å². The van der Waals surface area contributed by atoms with Gasteiger partial charge in [-0.3, -0.25) is 9.59 Å². The third-order valence-electron chi connectivity index (χ3n) is 8.50. The Bertz CT molecular complexity index is 2160. The van der Waals surface area contributed by atoms with Gasteiger partial charge in [0.25, 0.3) is 0 Å². The molecule has 0 N–H and O–H groups in total. The molecular weight excluding hydrogens is 564 g/mol. The highest BCUT2D eigenvalue weighted by molar-refractivity contribution is 6.14. The van der Waals surface area contributed by atoms with Gasteiger partial charge in [0.1, 0.15) is 34.4 Å². The topological polar surface area (TPSA) is 77.6 Å². The van der Waals surface area contributed by atoms with Gasteiger partial charge in [-0.15, -0.1) is 0 Å². The van der Waals surface area contributed by atoms with E-state index < -0.39 is 5.82 Å². The van der Waals surface area contributed by atoms with E-state index in [1.165, 1.54) is 18.2 Å². The molecule has 7 nitrogen and oxygen atoms in total. The molecule has 44 heavy (non-hydrogen) atoms. The molecule has 1 saturated heterocycles. The summed E-state index contributed by atoms with van der Waals surface area (Å²) in [5.74, 6) is 0.0474. The fraction of sp³-hybridized carbons (Fsp3) is 0.171. The molecule has 218 valence electrons. The van der Waals surface area contributed by atoms with E-state index in [9.17, 15) is 18.4 Å². The third-order valence-corrected chi connectivity index (χ3v) is 8.50. The number of nitrogens with zero attached hydrogens (tertiary/aromatic N) is 3. The molecular formula is C35H25F2N3O4. The van der Waals surface area contributed by atoms with Gasteiger partial charge >= 0.3 is 0 Å². The van der Waals surface area contributed by atoms with Gasteiger partial charge in [0.15, 0.2) is 12.5 Å². The number of aromatic nitrogens is 2. The minimum absolute atomic E-state index is 0.0160. The number of hydrogen-bond acceptors (Lipinski definition) is 5. The summed E-state index contributed by atoms with van der Waals surface area (Å²) in [6.45, 7) is 2.53. The predicted molar refractivity (Wildman–Crippen MR) is 163 cm³/mol. The number of halogens is 2. The van der Waals surface area contributed by atoms with Crippen LogP contribution < -0.4 is 9.64 Å². The Hall–Kier alpha value is -5.31. The first kappa shape index (κ1) is 26.3. The van der Waals surface area contributed by atoms with Gasteiger partial charge < -0.3 is 18.6 Å². The van der Waals surface area contributed by atoms with Crippen molar-refractivity contribution in [3.63, 3.8) is 0 Å². The Labute approximate surface area is 250 Å². The summed E-state index contributed by atoms with van der Waals surface area (Å²) >= 11 is 0. The molecule has 0 saturated carbocycles. The molecule has 9 heteroatoms. The maximum absolute atomic E-state index is 14.7. The van der Waals surface area contributed by atoms with Crippen molar-refractivity contribution in [2.75, 3.05) is 11.4 Å². The molecule has 5 heterocycles. The second-order valence-electron chi connectivity index (χ2n) is 11.1. The number of carbonyl (C=O) groups is 2. The minimum Gasteiger partial charge on any atom is -0.470 e. The van der Waals surface area contributed by atoms with Gasteiger partial charge in [-0.1, -0.05) is 13.0 Å². The highest BCUT2D eigenvalue weighted by Crippen LogP contribution is 2.44.